The first kappa shape index (κ1) is 21.2. The summed E-state index contributed by atoms with van der Waals surface area (Å²) in [5, 5.41) is 5.08. The van der Waals surface area contributed by atoms with Gasteiger partial charge in [0.25, 0.3) is 11.8 Å². The van der Waals surface area contributed by atoms with Crippen LogP contribution in [0.3, 0.4) is 0 Å². The van der Waals surface area contributed by atoms with Crippen LogP contribution in [0.1, 0.15) is 29.8 Å². The van der Waals surface area contributed by atoms with Gasteiger partial charge in [0.15, 0.2) is 24.7 Å². The third kappa shape index (κ3) is 5.28. The summed E-state index contributed by atoms with van der Waals surface area (Å²) in [6, 6.07) is 11.9. The van der Waals surface area contributed by atoms with Gasteiger partial charge in [-0.15, -0.1) is 0 Å². The van der Waals surface area contributed by atoms with Gasteiger partial charge in [0.2, 0.25) is 0 Å². The molecule has 2 N–H and O–H groups in total. The van der Waals surface area contributed by atoms with Gasteiger partial charge < -0.3 is 24.8 Å². The zero-order valence-corrected chi connectivity index (χ0v) is 17.1. The predicted molar refractivity (Wildman–Crippen MR) is 110 cm³/mol. The van der Waals surface area contributed by atoms with Crippen LogP contribution in [0.2, 0.25) is 0 Å². The Hall–Kier alpha value is -3.55. The summed E-state index contributed by atoms with van der Waals surface area (Å²) in [7, 11) is 1.52. The summed E-state index contributed by atoms with van der Waals surface area (Å²) < 4.78 is 16.4. The molecule has 0 radical (unpaired) electrons. The summed E-state index contributed by atoms with van der Waals surface area (Å²) in [6.45, 7) is 3.14. The van der Waals surface area contributed by atoms with Crippen LogP contribution >= 0.6 is 0 Å². The summed E-state index contributed by atoms with van der Waals surface area (Å²) in [4.78, 5) is 35.6. The van der Waals surface area contributed by atoms with Crippen LogP contribution < -0.4 is 20.1 Å². The van der Waals surface area contributed by atoms with Gasteiger partial charge in [-0.05, 0) is 38.1 Å². The minimum absolute atomic E-state index is 0.269. The van der Waals surface area contributed by atoms with E-state index < -0.39 is 18.5 Å². The van der Waals surface area contributed by atoms with E-state index in [9.17, 15) is 14.4 Å². The molecule has 30 heavy (non-hydrogen) atoms. The molecule has 1 aliphatic rings. The zero-order valence-electron chi connectivity index (χ0n) is 17.1. The molecule has 2 aromatic carbocycles. The van der Waals surface area contributed by atoms with Gasteiger partial charge in [0.1, 0.15) is 5.60 Å². The van der Waals surface area contributed by atoms with E-state index >= 15 is 0 Å². The van der Waals surface area contributed by atoms with Crippen molar-refractivity contribution in [2.24, 2.45) is 0 Å². The lowest BCUT2D eigenvalue weighted by atomic mass is 10.0. The average Bonchev–Trinajstić information content (AvgIpc) is 3.04. The molecule has 0 aliphatic carbocycles. The van der Waals surface area contributed by atoms with Crippen LogP contribution in [0.15, 0.2) is 42.5 Å². The molecule has 0 saturated heterocycles. The smallest absolute Gasteiger partial charge is 0.344 e. The molecular formula is C22H24N2O6. The SMILES string of the molecule is CNC(=O)c1cccc(NC(=O)COC(=O)COc2cccc3c2OC(C)(C)C3)c1. The van der Waals surface area contributed by atoms with Crippen molar-refractivity contribution in [3.8, 4) is 11.5 Å². The number of hydrogen-bond acceptors (Lipinski definition) is 6. The van der Waals surface area contributed by atoms with Crippen molar-refractivity contribution in [2.45, 2.75) is 25.9 Å². The number of fused-ring (bicyclic) bond motifs is 1. The minimum Gasteiger partial charge on any atom is -0.483 e. The Morgan fingerprint density at radius 3 is 2.63 bits per heavy atom. The maximum atomic E-state index is 12.0. The van der Waals surface area contributed by atoms with Crippen molar-refractivity contribution < 1.29 is 28.6 Å². The Labute approximate surface area is 174 Å². The molecule has 0 spiro atoms. The highest BCUT2D eigenvalue weighted by Crippen LogP contribution is 2.41. The van der Waals surface area contributed by atoms with Crippen molar-refractivity contribution in [1.82, 2.24) is 5.32 Å². The molecule has 158 valence electrons. The van der Waals surface area contributed by atoms with Crippen LogP contribution in [0, 0.1) is 0 Å². The standard InChI is InChI=1S/C22H24N2O6/c1-22(2)11-15-7-5-9-17(20(15)30-22)28-13-19(26)29-12-18(25)24-16-8-4-6-14(10-16)21(27)23-3/h4-10H,11-13H2,1-3H3,(H,23,27)(H,24,25). The highest BCUT2D eigenvalue weighted by molar-refractivity contribution is 5.97. The van der Waals surface area contributed by atoms with Gasteiger partial charge in [0, 0.05) is 30.3 Å². The van der Waals surface area contributed by atoms with Crippen LogP contribution in [-0.2, 0) is 20.7 Å². The molecule has 2 amide bonds. The van der Waals surface area contributed by atoms with Gasteiger partial charge in [-0.3, -0.25) is 9.59 Å². The number of ether oxygens (including phenoxy) is 3. The highest BCUT2D eigenvalue weighted by Gasteiger charge is 2.32. The van der Waals surface area contributed by atoms with Gasteiger partial charge in [-0.1, -0.05) is 18.2 Å². The Morgan fingerprint density at radius 2 is 1.87 bits per heavy atom. The molecule has 0 atom stereocenters. The summed E-state index contributed by atoms with van der Waals surface area (Å²) >= 11 is 0. The quantitative estimate of drug-likeness (QED) is 0.677. The van der Waals surface area contributed by atoms with E-state index in [-0.39, 0.29) is 18.1 Å². The van der Waals surface area contributed by atoms with Gasteiger partial charge >= 0.3 is 5.97 Å². The molecule has 0 unspecified atom stereocenters. The fourth-order valence-corrected chi connectivity index (χ4v) is 3.11. The van der Waals surface area contributed by atoms with Crippen molar-refractivity contribution in [3.05, 3.63) is 53.6 Å². The van der Waals surface area contributed by atoms with Crippen molar-refractivity contribution in [2.75, 3.05) is 25.6 Å². The second kappa shape index (κ2) is 8.86. The third-order valence-corrected chi connectivity index (χ3v) is 4.40. The normalized spacial score (nSPS) is 13.6. The number of amides is 2. The van der Waals surface area contributed by atoms with Gasteiger partial charge in [-0.25, -0.2) is 4.79 Å². The molecule has 8 heteroatoms. The Bertz CT molecular complexity index is 970. The van der Waals surface area contributed by atoms with Gasteiger partial charge in [-0.2, -0.15) is 0 Å². The van der Waals surface area contributed by atoms with E-state index in [0.717, 1.165) is 12.0 Å². The first-order valence-electron chi connectivity index (χ1n) is 9.49. The molecular weight excluding hydrogens is 388 g/mol. The van der Waals surface area contributed by atoms with E-state index in [0.29, 0.717) is 22.7 Å². The number of nitrogens with one attached hydrogen (secondary N) is 2. The summed E-state index contributed by atoms with van der Waals surface area (Å²) in [5.41, 5.74) is 1.52. The molecule has 2 aromatic rings. The van der Waals surface area contributed by atoms with E-state index in [1.54, 1.807) is 24.3 Å². The van der Waals surface area contributed by atoms with Crippen molar-refractivity contribution in [1.29, 1.82) is 0 Å². The molecule has 3 rings (SSSR count). The van der Waals surface area contributed by atoms with Crippen LogP contribution in [0.25, 0.3) is 0 Å². The van der Waals surface area contributed by atoms with E-state index in [2.05, 4.69) is 10.6 Å². The lowest BCUT2D eigenvalue weighted by Crippen LogP contribution is -2.25. The molecule has 0 saturated carbocycles. The molecule has 8 nitrogen and oxygen atoms in total. The zero-order chi connectivity index (χ0) is 21.7. The lowest BCUT2D eigenvalue weighted by molar-refractivity contribution is -0.149. The molecule has 1 heterocycles. The minimum atomic E-state index is -0.681. The number of anilines is 1. The number of esters is 1. The fraction of sp³-hybridized carbons (Fsp3) is 0.318. The fourth-order valence-electron chi connectivity index (χ4n) is 3.11. The number of carbonyl (C=O) groups is 3. The second-order valence-corrected chi connectivity index (χ2v) is 7.44. The summed E-state index contributed by atoms with van der Waals surface area (Å²) in [5.74, 6) is -0.383. The maximum Gasteiger partial charge on any atom is 0.344 e. The second-order valence-electron chi connectivity index (χ2n) is 7.44. The summed E-state index contributed by atoms with van der Waals surface area (Å²) in [6.07, 6.45) is 0.755. The first-order chi connectivity index (χ1) is 14.3. The number of benzene rings is 2. The van der Waals surface area contributed by atoms with Crippen LogP contribution in [0.4, 0.5) is 5.69 Å². The lowest BCUT2D eigenvalue weighted by Gasteiger charge is -2.18. The predicted octanol–water partition coefficient (Wildman–Crippen LogP) is 2.32. The molecule has 1 aliphatic heterocycles. The topological polar surface area (TPSA) is 103 Å². The maximum absolute atomic E-state index is 12.0. The Kier molecular flexibility index (Phi) is 6.25. The first-order valence-corrected chi connectivity index (χ1v) is 9.49. The third-order valence-electron chi connectivity index (χ3n) is 4.40. The van der Waals surface area contributed by atoms with E-state index in [1.165, 1.54) is 13.1 Å². The van der Waals surface area contributed by atoms with E-state index in [4.69, 9.17) is 14.2 Å². The monoisotopic (exact) mass is 412 g/mol. The molecule has 0 aromatic heterocycles. The number of hydrogen-bond donors (Lipinski definition) is 2. The average molecular weight is 412 g/mol. The number of para-hydroxylation sites is 1. The van der Waals surface area contributed by atoms with Crippen molar-refractivity contribution in [3.63, 3.8) is 0 Å². The van der Waals surface area contributed by atoms with Crippen LogP contribution in [-0.4, -0.2) is 43.6 Å². The Balaban J connectivity index is 1.47. The van der Waals surface area contributed by atoms with E-state index in [1.807, 2.05) is 26.0 Å². The largest absolute Gasteiger partial charge is 0.483 e. The van der Waals surface area contributed by atoms with Crippen LogP contribution in [0.5, 0.6) is 11.5 Å². The highest BCUT2D eigenvalue weighted by atomic mass is 16.6. The molecule has 0 bridgehead atoms. The molecule has 0 fully saturated rings. The van der Waals surface area contributed by atoms with Crippen molar-refractivity contribution >= 4 is 23.5 Å². The van der Waals surface area contributed by atoms with Gasteiger partial charge in [0.05, 0.1) is 0 Å². The number of carbonyl (C=O) groups excluding carboxylic acids is 3. The Morgan fingerprint density at radius 1 is 1.10 bits per heavy atom. The number of rotatable bonds is 7.